The summed E-state index contributed by atoms with van der Waals surface area (Å²) in [6.07, 6.45) is 4.03. The first-order chi connectivity index (χ1) is 6.14. The number of pyridine rings is 1. The molecule has 3 heteroatoms. The van der Waals surface area contributed by atoms with Gasteiger partial charge in [-0.1, -0.05) is 0 Å². The van der Waals surface area contributed by atoms with Crippen molar-refractivity contribution in [3.05, 3.63) is 30.1 Å². The number of nitrogens with zero attached hydrogens (tertiary/aromatic N) is 1. The van der Waals surface area contributed by atoms with Gasteiger partial charge in [0.1, 0.15) is 0 Å². The zero-order valence-corrected chi connectivity index (χ0v) is 8.03. The summed E-state index contributed by atoms with van der Waals surface area (Å²) in [7, 11) is 1.58. The quantitative estimate of drug-likeness (QED) is 0.754. The first kappa shape index (κ1) is 10.2. The van der Waals surface area contributed by atoms with Gasteiger partial charge >= 0.3 is 0 Å². The second-order valence-electron chi connectivity index (χ2n) is 3.46. The van der Waals surface area contributed by atoms with E-state index in [-0.39, 0.29) is 0 Å². The van der Waals surface area contributed by atoms with E-state index in [0.717, 1.165) is 5.56 Å². The van der Waals surface area contributed by atoms with Gasteiger partial charge in [0.25, 0.3) is 0 Å². The molecule has 13 heavy (non-hydrogen) atoms. The average molecular weight is 181 g/mol. The van der Waals surface area contributed by atoms with Gasteiger partial charge in [-0.15, -0.1) is 0 Å². The van der Waals surface area contributed by atoms with Gasteiger partial charge < -0.3 is 9.84 Å². The monoisotopic (exact) mass is 181 g/mol. The molecule has 1 aromatic rings. The van der Waals surface area contributed by atoms with Crippen LogP contribution in [0, 0.1) is 0 Å². The van der Waals surface area contributed by atoms with Crippen LogP contribution in [-0.2, 0) is 11.2 Å². The Labute approximate surface area is 78.4 Å². The summed E-state index contributed by atoms with van der Waals surface area (Å²) >= 11 is 0. The van der Waals surface area contributed by atoms with Crippen LogP contribution in [0.25, 0.3) is 0 Å². The molecule has 1 unspecified atom stereocenters. The van der Waals surface area contributed by atoms with Crippen LogP contribution in [0.2, 0.25) is 0 Å². The molecular weight excluding hydrogens is 166 g/mol. The van der Waals surface area contributed by atoms with E-state index in [0.29, 0.717) is 13.0 Å². The number of rotatable bonds is 4. The van der Waals surface area contributed by atoms with Gasteiger partial charge in [0.2, 0.25) is 0 Å². The van der Waals surface area contributed by atoms with Crippen molar-refractivity contribution in [1.29, 1.82) is 0 Å². The molecule has 0 aliphatic rings. The number of methoxy groups -OCH3 is 1. The van der Waals surface area contributed by atoms with Crippen LogP contribution in [-0.4, -0.2) is 29.4 Å². The highest BCUT2D eigenvalue weighted by atomic mass is 16.5. The van der Waals surface area contributed by atoms with Gasteiger partial charge in [0.05, 0.1) is 12.2 Å². The van der Waals surface area contributed by atoms with Crippen molar-refractivity contribution in [2.45, 2.75) is 18.9 Å². The van der Waals surface area contributed by atoms with Gasteiger partial charge in [-0.05, 0) is 24.6 Å². The molecule has 0 aromatic carbocycles. The smallest absolute Gasteiger partial charge is 0.0892 e. The van der Waals surface area contributed by atoms with Crippen molar-refractivity contribution in [1.82, 2.24) is 4.98 Å². The van der Waals surface area contributed by atoms with Crippen molar-refractivity contribution in [2.24, 2.45) is 0 Å². The Kier molecular flexibility index (Phi) is 3.39. The van der Waals surface area contributed by atoms with E-state index < -0.39 is 5.60 Å². The molecule has 0 bridgehead atoms. The number of hydrogen-bond acceptors (Lipinski definition) is 3. The maximum atomic E-state index is 9.82. The number of hydrogen-bond donors (Lipinski definition) is 1. The molecule has 72 valence electrons. The SMILES string of the molecule is COCC(C)(O)Cc1ccncc1. The molecule has 3 nitrogen and oxygen atoms in total. The summed E-state index contributed by atoms with van der Waals surface area (Å²) in [4.78, 5) is 3.91. The summed E-state index contributed by atoms with van der Waals surface area (Å²) in [5.41, 5.74) is 0.271. The van der Waals surface area contributed by atoms with Gasteiger partial charge in [0.15, 0.2) is 0 Å². The highest BCUT2D eigenvalue weighted by Crippen LogP contribution is 2.12. The molecule has 0 saturated heterocycles. The van der Waals surface area contributed by atoms with Crippen molar-refractivity contribution >= 4 is 0 Å². The van der Waals surface area contributed by atoms with E-state index in [1.165, 1.54) is 0 Å². The van der Waals surface area contributed by atoms with Crippen LogP contribution >= 0.6 is 0 Å². The molecular formula is C10H15NO2. The van der Waals surface area contributed by atoms with Crippen molar-refractivity contribution in [3.63, 3.8) is 0 Å². The average Bonchev–Trinajstić information content (AvgIpc) is 2.04. The van der Waals surface area contributed by atoms with E-state index in [1.807, 2.05) is 12.1 Å². The Morgan fingerprint density at radius 1 is 1.46 bits per heavy atom. The molecule has 0 aliphatic heterocycles. The normalized spacial score (nSPS) is 15.3. The first-order valence-electron chi connectivity index (χ1n) is 4.24. The third-order valence-corrected chi connectivity index (χ3v) is 1.79. The molecule has 0 saturated carbocycles. The zero-order chi connectivity index (χ0) is 9.73. The van der Waals surface area contributed by atoms with E-state index in [2.05, 4.69) is 4.98 Å². The maximum Gasteiger partial charge on any atom is 0.0892 e. The lowest BCUT2D eigenvalue weighted by molar-refractivity contribution is -0.0161. The minimum atomic E-state index is -0.796. The second-order valence-corrected chi connectivity index (χ2v) is 3.46. The largest absolute Gasteiger partial charge is 0.387 e. The van der Waals surface area contributed by atoms with Gasteiger partial charge in [0, 0.05) is 25.9 Å². The summed E-state index contributed by atoms with van der Waals surface area (Å²) in [5, 5.41) is 9.82. The molecule has 0 aliphatic carbocycles. The van der Waals surface area contributed by atoms with Crippen LogP contribution in [0.1, 0.15) is 12.5 Å². The van der Waals surface area contributed by atoms with Crippen LogP contribution in [0.5, 0.6) is 0 Å². The van der Waals surface area contributed by atoms with Crippen LogP contribution < -0.4 is 0 Å². The lowest BCUT2D eigenvalue weighted by Crippen LogP contribution is -2.32. The summed E-state index contributed by atoms with van der Waals surface area (Å²) in [6.45, 7) is 2.10. The fraction of sp³-hybridized carbons (Fsp3) is 0.500. The Morgan fingerprint density at radius 3 is 2.62 bits per heavy atom. The zero-order valence-electron chi connectivity index (χ0n) is 8.03. The molecule has 1 atom stereocenters. The minimum absolute atomic E-state index is 0.343. The van der Waals surface area contributed by atoms with Crippen LogP contribution in [0.15, 0.2) is 24.5 Å². The van der Waals surface area contributed by atoms with Gasteiger partial charge in [-0.2, -0.15) is 0 Å². The molecule has 0 amide bonds. The van der Waals surface area contributed by atoms with Gasteiger partial charge in [-0.25, -0.2) is 0 Å². The Morgan fingerprint density at radius 2 is 2.08 bits per heavy atom. The number of aromatic nitrogens is 1. The fourth-order valence-corrected chi connectivity index (χ4v) is 1.30. The second kappa shape index (κ2) is 4.35. The maximum absolute atomic E-state index is 9.82. The standard InChI is InChI=1S/C10H15NO2/c1-10(12,8-13-2)7-9-3-5-11-6-4-9/h3-6,12H,7-8H2,1-2H3. The van der Waals surface area contributed by atoms with Crippen LogP contribution in [0.3, 0.4) is 0 Å². The van der Waals surface area contributed by atoms with Crippen LogP contribution in [0.4, 0.5) is 0 Å². The van der Waals surface area contributed by atoms with E-state index >= 15 is 0 Å². The predicted molar refractivity (Wildman–Crippen MR) is 50.4 cm³/mol. The summed E-state index contributed by atoms with van der Waals surface area (Å²) in [5.74, 6) is 0. The predicted octanol–water partition coefficient (Wildman–Crippen LogP) is 1.02. The Hall–Kier alpha value is -0.930. The third-order valence-electron chi connectivity index (χ3n) is 1.79. The van der Waals surface area contributed by atoms with Crippen molar-refractivity contribution in [2.75, 3.05) is 13.7 Å². The number of ether oxygens (including phenoxy) is 1. The topological polar surface area (TPSA) is 42.4 Å². The molecule has 1 rings (SSSR count). The van der Waals surface area contributed by atoms with Crippen molar-refractivity contribution in [3.8, 4) is 0 Å². The third kappa shape index (κ3) is 3.53. The molecule has 1 heterocycles. The minimum Gasteiger partial charge on any atom is -0.387 e. The molecule has 0 radical (unpaired) electrons. The van der Waals surface area contributed by atoms with Crippen molar-refractivity contribution < 1.29 is 9.84 Å². The summed E-state index contributed by atoms with van der Waals surface area (Å²) in [6, 6.07) is 3.79. The lowest BCUT2D eigenvalue weighted by atomic mass is 9.98. The van der Waals surface area contributed by atoms with E-state index in [1.54, 1.807) is 26.4 Å². The van der Waals surface area contributed by atoms with Gasteiger partial charge in [-0.3, -0.25) is 4.98 Å². The van der Waals surface area contributed by atoms with E-state index in [9.17, 15) is 5.11 Å². The molecule has 1 aromatic heterocycles. The van der Waals surface area contributed by atoms with E-state index in [4.69, 9.17) is 4.74 Å². The Bertz CT molecular complexity index is 246. The fourth-order valence-electron chi connectivity index (χ4n) is 1.30. The highest BCUT2D eigenvalue weighted by molar-refractivity contribution is 5.12. The highest BCUT2D eigenvalue weighted by Gasteiger charge is 2.20. The lowest BCUT2D eigenvalue weighted by Gasteiger charge is -2.21. The molecule has 0 spiro atoms. The first-order valence-corrected chi connectivity index (χ1v) is 4.24. The number of aliphatic hydroxyl groups is 1. The Balaban J connectivity index is 2.58. The molecule has 1 N–H and O–H groups in total. The summed E-state index contributed by atoms with van der Waals surface area (Å²) < 4.78 is 4.91. The molecule has 0 fully saturated rings.